The van der Waals surface area contributed by atoms with Crippen molar-refractivity contribution in [3.05, 3.63) is 47.5 Å². The predicted octanol–water partition coefficient (Wildman–Crippen LogP) is 5.08. The second kappa shape index (κ2) is 10.9. The van der Waals surface area contributed by atoms with Crippen LogP contribution in [0, 0.1) is 0 Å². The number of carbonyl (C=O) groups is 2. The van der Waals surface area contributed by atoms with E-state index in [9.17, 15) is 27.9 Å². The Hall–Kier alpha value is -3.23. The molecule has 0 heterocycles. The number of aromatic hydroxyl groups is 1. The zero-order valence-electron chi connectivity index (χ0n) is 18.0. The summed E-state index contributed by atoms with van der Waals surface area (Å²) < 4.78 is 53.5. The van der Waals surface area contributed by atoms with Crippen LogP contribution in [0.5, 0.6) is 23.0 Å². The van der Waals surface area contributed by atoms with Crippen molar-refractivity contribution in [3.8, 4) is 23.0 Å². The van der Waals surface area contributed by atoms with E-state index >= 15 is 0 Å². The number of rotatable bonds is 11. The molecule has 0 bridgehead atoms. The van der Waals surface area contributed by atoms with Crippen LogP contribution in [0.4, 0.5) is 13.2 Å². The lowest BCUT2D eigenvalue weighted by molar-refractivity contribution is -0.136. The first kappa shape index (κ1) is 25.0. The van der Waals surface area contributed by atoms with E-state index in [1.165, 1.54) is 45.6 Å². The van der Waals surface area contributed by atoms with Gasteiger partial charge < -0.3 is 19.3 Å². The molecule has 1 N–H and O–H groups in total. The summed E-state index contributed by atoms with van der Waals surface area (Å²) >= 11 is 0. The summed E-state index contributed by atoms with van der Waals surface area (Å²) in [5.74, 6) is -1.77. The molecule has 0 saturated heterocycles. The van der Waals surface area contributed by atoms with Crippen molar-refractivity contribution in [1.29, 1.82) is 0 Å². The van der Waals surface area contributed by atoms with Gasteiger partial charge in [-0.25, -0.2) is 0 Å². The average molecular weight is 454 g/mol. The molecule has 1 unspecified atom stereocenters. The molecule has 0 aromatic heterocycles. The minimum atomic E-state index is -4.36. The predicted molar refractivity (Wildman–Crippen MR) is 111 cm³/mol. The number of phenols is 1. The van der Waals surface area contributed by atoms with Crippen LogP contribution in [0.25, 0.3) is 0 Å². The van der Waals surface area contributed by atoms with E-state index in [-0.39, 0.29) is 29.9 Å². The summed E-state index contributed by atoms with van der Waals surface area (Å²) in [5.41, 5.74) is 0.261. The fourth-order valence-corrected chi connectivity index (χ4v) is 3.43. The quantitative estimate of drug-likeness (QED) is 0.377. The van der Waals surface area contributed by atoms with E-state index in [2.05, 4.69) is 0 Å². The van der Waals surface area contributed by atoms with Crippen LogP contribution in [0.2, 0.25) is 0 Å². The minimum absolute atomic E-state index is 0.0996. The van der Waals surface area contributed by atoms with Crippen LogP contribution in [0.1, 0.15) is 47.5 Å². The lowest BCUT2D eigenvalue weighted by Crippen LogP contribution is -2.19. The Morgan fingerprint density at radius 1 is 0.969 bits per heavy atom. The van der Waals surface area contributed by atoms with Gasteiger partial charge in [-0.05, 0) is 42.7 Å². The van der Waals surface area contributed by atoms with Crippen LogP contribution in [-0.2, 0) is 4.79 Å². The molecular weight excluding hydrogens is 429 g/mol. The maximum atomic E-state index is 13.1. The number of Topliss-reactive ketones (excluding diaryl/α,β-unsaturated/α-hetero) is 2. The summed E-state index contributed by atoms with van der Waals surface area (Å²) in [7, 11) is 4.15. The van der Waals surface area contributed by atoms with E-state index in [1.54, 1.807) is 12.1 Å². The number of hydrogen-bond donors (Lipinski definition) is 1. The first-order chi connectivity index (χ1) is 15.1. The Bertz CT molecular complexity index is 955. The maximum absolute atomic E-state index is 13.1. The molecule has 2 aromatic carbocycles. The van der Waals surface area contributed by atoms with Crippen molar-refractivity contribution < 1.29 is 42.1 Å². The van der Waals surface area contributed by atoms with Gasteiger partial charge in [-0.3, -0.25) is 9.59 Å². The lowest BCUT2D eigenvalue weighted by Gasteiger charge is -2.19. The Morgan fingerprint density at radius 2 is 1.62 bits per heavy atom. The van der Waals surface area contributed by atoms with Crippen LogP contribution >= 0.6 is 0 Å². The van der Waals surface area contributed by atoms with Gasteiger partial charge in [0.1, 0.15) is 22.8 Å². The highest BCUT2D eigenvalue weighted by Crippen LogP contribution is 2.36. The molecule has 0 aliphatic heterocycles. The van der Waals surface area contributed by atoms with Gasteiger partial charge in [-0.15, -0.1) is 0 Å². The first-order valence-electron chi connectivity index (χ1n) is 9.81. The Labute approximate surface area is 183 Å². The van der Waals surface area contributed by atoms with E-state index in [0.717, 1.165) is 0 Å². The second-order valence-electron chi connectivity index (χ2n) is 7.10. The van der Waals surface area contributed by atoms with Crippen molar-refractivity contribution in [1.82, 2.24) is 0 Å². The number of benzene rings is 2. The Morgan fingerprint density at radius 3 is 2.22 bits per heavy atom. The molecule has 174 valence electrons. The van der Waals surface area contributed by atoms with E-state index in [1.807, 2.05) is 0 Å². The van der Waals surface area contributed by atoms with Gasteiger partial charge in [0.2, 0.25) is 0 Å². The van der Waals surface area contributed by atoms with Gasteiger partial charge in [-0.2, -0.15) is 13.2 Å². The minimum Gasteiger partial charge on any atom is -0.507 e. The molecule has 0 radical (unpaired) electrons. The van der Waals surface area contributed by atoms with Crippen LogP contribution in [0.3, 0.4) is 0 Å². The molecule has 32 heavy (non-hydrogen) atoms. The first-order valence-corrected chi connectivity index (χ1v) is 9.81. The van der Waals surface area contributed by atoms with E-state index in [0.29, 0.717) is 17.1 Å². The fraction of sp³-hybridized carbons (Fsp3) is 0.391. The summed E-state index contributed by atoms with van der Waals surface area (Å²) in [6, 6.07) is 8.85. The van der Waals surface area contributed by atoms with Gasteiger partial charge in [0, 0.05) is 12.3 Å². The largest absolute Gasteiger partial charge is 0.507 e. The third kappa shape index (κ3) is 6.38. The molecule has 0 spiro atoms. The number of carbonyl (C=O) groups excluding carboxylic acids is 2. The van der Waals surface area contributed by atoms with Gasteiger partial charge in [0.15, 0.2) is 17.3 Å². The zero-order valence-corrected chi connectivity index (χ0v) is 18.0. The lowest BCUT2D eigenvalue weighted by atomic mass is 9.86. The average Bonchev–Trinajstić information content (AvgIpc) is 2.74. The number of ketones is 2. The molecule has 0 aliphatic carbocycles. The SMILES string of the molecule is COc1ccc(C(CCCC(F)(F)F)C(=O)CC(=O)c2c(O)cccc2OC)cc1OC. The van der Waals surface area contributed by atoms with Gasteiger partial charge >= 0.3 is 6.18 Å². The van der Waals surface area contributed by atoms with Gasteiger partial charge in [0.05, 0.1) is 27.8 Å². The van der Waals surface area contributed by atoms with E-state index < -0.39 is 36.5 Å². The van der Waals surface area contributed by atoms with Crippen LogP contribution in [-0.4, -0.2) is 44.2 Å². The molecule has 9 heteroatoms. The summed E-state index contributed by atoms with van der Waals surface area (Å²) in [6.07, 6.45) is -6.42. The number of hydrogen-bond acceptors (Lipinski definition) is 6. The Balaban J connectivity index is 2.33. The molecule has 6 nitrogen and oxygen atoms in total. The highest BCUT2D eigenvalue weighted by atomic mass is 19.4. The number of methoxy groups -OCH3 is 3. The molecule has 2 aromatic rings. The Kier molecular flexibility index (Phi) is 8.51. The smallest absolute Gasteiger partial charge is 0.389 e. The van der Waals surface area contributed by atoms with Gasteiger partial charge in [0.25, 0.3) is 0 Å². The van der Waals surface area contributed by atoms with Gasteiger partial charge in [-0.1, -0.05) is 12.1 Å². The van der Waals surface area contributed by atoms with Crippen molar-refractivity contribution in [2.75, 3.05) is 21.3 Å². The van der Waals surface area contributed by atoms with Crippen molar-refractivity contribution in [2.24, 2.45) is 0 Å². The normalized spacial score (nSPS) is 12.2. The number of halogens is 3. The summed E-state index contributed by atoms with van der Waals surface area (Å²) in [4.78, 5) is 25.8. The fourth-order valence-electron chi connectivity index (χ4n) is 3.43. The van der Waals surface area contributed by atoms with Crippen LogP contribution < -0.4 is 14.2 Å². The molecule has 0 amide bonds. The third-order valence-corrected chi connectivity index (χ3v) is 4.99. The topological polar surface area (TPSA) is 82.1 Å². The molecule has 1 atom stereocenters. The zero-order chi connectivity index (χ0) is 23.9. The molecule has 2 rings (SSSR count). The molecular formula is C23H25F3O6. The summed E-state index contributed by atoms with van der Waals surface area (Å²) in [5, 5.41) is 10.1. The second-order valence-corrected chi connectivity index (χ2v) is 7.10. The third-order valence-electron chi connectivity index (χ3n) is 4.99. The van der Waals surface area contributed by atoms with Crippen molar-refractivity contribution >= 4 is 11.6 Å². The number of phenolic OH excluding ortho intramolecular Hbond substituents is 1. The number of alkyl halides is 3. The molecule has 0 fully saturated rings. The monoisotopic (exact) mass is 454 g/mol. The highest BCUT2D eigenvalue weighted by Gasteiger charge is 2.30. The summed E-state index contributed by atoms with van der Waals surface area (Å²) in [6.45, 7) is 0. The standard InChI is InChI=1S/C23H25F3O6/c1-30-19-10-9-14(12-21(19)32-3)15(6-5-11-23(24,25)26)17(28)13-18(29)22-16(27)7-4-8-20(22)31-2/h4,7-10,12,15,27H,5-6,11,13H2,1-3H3. The van der Waals surface area contributed by atoms with E-state index in [4.69, 9.17) is 14.2 Å². The van der Waals surface area contributed by atoms with Crippen LogP contribution in [0.15, 0.2) is 36.4 Å². The van der Waals surface area contributed by atoms with Crippen molar-refractivity contribution in [2.45, 2.75) is 37.8 Å². The maximum Gasteiger partial charge on any atom is 0.389 e. The van der Waals surface area contributed by atoms with Crippen molar-refractivity contribution in [3.63, 3.8) is 0 Å². The molecule has 0 aliphatic rings. The number of ether oxygens (including phenoxy) is 3. The molecule has 0 saturated carbocycles. The highest BCUT2D eigenvalue weighted by molar-refractivity contribution is 6.12.